The Bertz CT molecular complexity index is 826. The normalized spacial score (nSPS) is 10.9. The highest BCUT2D eigenvalue weighted by molar-refractivity contribution is 7.89. The summed E-state index contributed by atoms with van der Waals surface area (Å²) in [4.78, 5) is 13.6. The van der Waals surface area contributed by atoms with E-state index in [1.807, 2.05) is 4.83 Å². The third kappa shape index (κ3) is 4.60. The van der Waals surface area contributed by atoms with Crippen molar-refractivity contribution in [3.8, 4) is 11.5 Å². The van der Waals surface area contributed by atoms with Crippen molar-refractivity contribution in [2.75, 3.05) is 13.7 Å². The number of hydrazine groups is 1. The number of halogens is 1. The number of benzene rings is 2. The molecule has 9 heteroatoms. The van der Waals surface area contributed by atoms with Crippen LogP contribution in [0.1, 0.15) is 0 Å². The number of para-hydroxylation sites is 2. The van der Waals surface area contributed by atoms with Crippen LogP contribution in [-0.2, 0) is 14.8 Å². The second kappa shape index (κ2) is 8.00. The van der Waals surface area contributed by atoms with E-state index in [4.69, 9.17) is 21.1 Å². The molecule has 0 spiro atoms. The maximum absolute atomic E-state index is 12.1. The summed E-state index contributed by atoms with van der Waals surface area (Å²) in [5.41, 5.74) is 2.06. The molecule has 0 unspecified atom stereocenters. The molecular formula is C15H15ClN2O5S. The first-order valence-electron chi connectivity index (χ1n) is 6.75. The monoisotopic (exact) mass is 370 g/mol. The molecule has 2 aromatic rings. The van der Waals surface area contributed by atoms with Crippen molar-refractivity contribution in [3.63, 3.8) is 0 Å². The number of rotatable bonds is 7. The fraction of sp³-hybridized carbons (Fsp3) is 0.133. The van der Waals surface area contributed by atoms with Crippen LogP contribution in [0.4, 0.5) is 0 Å². The predicted octanol–water partition coefficient (Wildman–Crippen LogP) is 1.74. The lowest BCUT2D eigenvalue weighted by molar-refractivity contribution is -0.123. The van der Waals surface area contributed by atoms with Crippen molar-refractivity contribution < 1.29 is 22.7 Å². The zero-order valence-corrected chi connectivity index (χ0v) is 14.2. The van der Waals surface area contributed by atoms with Crippen molar-refractivity contribution in [2.45, 2.75) is 4.90 Å². The van der Waals surface area contributed by atoms with Gasteiger partial charge in [-0.25, -0.2) is 8.42 Å². The van der Waals surface area contributed by atoms with Gasteiger partial charge in [0.25, 0.3) is 15.9 Å². The van der Waals surface area contributed by atoms with Crippen LogP contribution in [0.5, 0.6) is 11.5 Å². The summed E-state index contributed by atoms with van der Waals surface area (Å²) in [6.07, 6.45) is 0. The Kier molecular flexibility index (Phi) is 6.02. The Balaban J connectivity index is 1.93. The number of hydrogen-bond acceptors (Lipinski definition) is 5. The topological polar surface area (TPSA) is 93.7 Å². The van der Waals surface area contributed by atoms with Crippen molar-refractivity contribution in [2.24, 2.45) is 0 Å². The van der Waals surface area contributed by atoms with Gasteiger partial charge in [-0.15, -0.1) is 4.83 Å². The minimum Gasteiger partial charge on any atom is -0.493 e. The van der Waals surface area contributed by atoms with Crippen molar-refractivity contribution in [3.05, 3.63) is 53.6 Å². The molecule has 0 saturated heterocycles. The van der Waals surface area contributed by atoms with Crippen LogP contribution in [0.2, 0.25) is 5.02 Å². The van der Waals surface area contributed by atoms with Crippen molar-refractivity contribution in [1.29, 1.82) is 0 Å². The van der Waals surface area contributed by atoms with Gasteiger partial charge in [-0.2, -0.15) is 0 Å². The fourth-order valence-corrected chi connectivity index (χ4v) is 3.14. The van der Waals surface area contributed by atoms with Gasteiger partial charge in [0, 0.05) is 0 Å². The Morgan fingerprint density at radius 2 is 1.71 bits per heavy atom. The number of amides is 1. The van der Waals surface area contributed by atoms with Crippen LogP contribution >= 0.6 is 11.6 Å². The lowest BCUT2D eigenvalue weighted by atomic mass is 10.3. The van der Waals surface area contributed by atoms with E-state index in [0.29, 0.717) is 11.5 Å². The quantitative estimate of drug-likeness (QED) is 0.724. The summed E-state index contributed by atoms with van der Waals surface area (Å²) >= 11 is 5.83. The molecule has 2 rings (SSSR count). The van der Waals surface area contributed by atoms with Gasteiger partial charge in [-0.3, -0.25) is 10.2 Å². The highest BCUT2D eigenvalue weighted by Crippen LogP contribution is 2.25. The predicted molar refractivity (Wildman–Crippen MR) is 88.4 cm³/mol. The van der Waals surface area contributed by atoms with Crippen LogP contribution in [0, 0.1) is 0 Å². The zero-order valence-electron chi connectivity index (χ0n) is 12.7. The molecule has 0 aliphatic carbocycles. The number of sulfonamides is 1. The molecule has 2 aromatic carbocycles. The van der Waals surface area contributed by atoms with Crippen LogP contribution in [0.15, 0.2) is 53.4 Å². The minimum atomic E-state index is -3.98. The third-order valence-electron chi connectivity index (χ3n) is 2.88. The van der Waals surface area contributed by atoms with Crippen LogP contribution in [-0.4, -0.2) is 28.0 Å². The second-order valence-electron chi connectivity index (χ2n) is 4.52. The van der Waals surface area contributed by atoms with Gasteiger partial charge in [0.05, 0.1) is 12.1 Å². The van der Waals surface area contributed by atoms with E-state index < -0.39 is 22.5 Å². The first kappa shape index (κ1) is 18.1. The molecule has 7 nitrogen and oxygen atoms in total. The molecule has 0 aromatic heterocycles. The zero-order chi connectivity index (χ0) is 17.6. The molecule has 0 aliphatic heterocycles. The highest BCUT2D eigenvalue weighted by atomic mass is 35.5. The molecule has 0 heterocycles. The number of carbonyl (C=O) groups is 1. The van der Waals surface area contributed by atoms with Crippen LogP contribution in [0.25, 0.3) is 0 Å². The minimum absolute atomic E-state index is 0.0459. The summed E-state index contributed by atoms with van der Waals surface area (Å²) in [5.74, 6) is 0.141. The Morgan fingerprint density at radius 1 is 1.08 bits per heavy atom. The summed E-state index contributed by atoms with van der Waals surface area (Å²) in [6.45, 7) is -0.397. The van der Waals surface area contributed by atoms with Gasteiger partial charge in [0.2, 0.25) is 0 Å². The SMILES string of the molecule is COc1ccccc1OCC(=O)NNS(=O)(=O)c1ccccc1Cl. The standard InChI is InChI=1S/C15H15ClN2O5S/c1-22-12-7-3-4-8-13(12)23-10-15(19)17-18-24(20,21)14-9-5-2-6-11(14)16/h2-9,18H,10H2,1H3,(H,17,19). The molecule has 0 fully saturated rings. The maximum Gasteiger partial charge on any atom is 0.272 e. The van der Waals surface area contributed by atoms with Crippen molar-refractivity contribution >= 4 is 27.5 Å². The number of ether oxygens (including phenoxy) is 2. The van der Waals surface area contributed by atoms with E-state index in [1.165, 1.54) is 25.3 Å². The number of nitrogens with one attached hydrogen (secondary N) is 2. The lowest BCUT2D eigenvalue weighted by Crippen LogP contribution is -2.43. The summed E-state index contributed by atoms with van der Waals surface area (Å²) < 4.78 is 34.5. The molecule has 0 bridgehead atoms. The van der Waals surface area contributed by atoms with Gasteiger partial charge < -0.3 is 9.47 Å². The maximum atomic E-state index is 12.1. The Hall–Kier alpha value is -2.29. The molecule has 0 aliphatic rings. The van der Waals surface area contributed by atoms with Crippen LogP contribution in [0.3, 0.4) is 0 Å². The molecular weight excluding hydrogens is 356 g/mol. The fourth-order valence-electron chi connectivity index (χ4n) is 1.76. The van der Waals surface area contributed by atoms with Gasteiger partial charge >= 0.3 is 0 Å². The molecule has 1 amide bonds. The van der Waals surface area contributed by atoms with E-state index in [0.717, 1.165) is 0 Å². The Labute approximate surface area is 144 Å². The third-order valence-corrected chi connectivity index (χ3v) is 4.63. The van der Waals surface area contributed by atoms with E-state index in [-0.39, 0.29) is 9.92 Å². The van der Waals surface area contributed by atoms with Crippen molar-refractivity contribution in [1.82, 2.24) is 10.3 Å². The average Bonchev–Trinajstić information content (AvgIpc) is 2.58. The number of carbonyl (C=O) groups excluding carboxylic acids is 1. The summed E-state index contributed by atoms with van der Waals surface area (Å²) in [7, 11) is -2.50. The van der Waals surface area contributed by atoms with E-state index in [9.17, 15) is 13.2 Å². The van der Waals surface area contributed by atoms with Gasteiger partial charge in [-0.1, -0.05) is 35.9 Å². The van der Waals surface area contributed by atoms with Gasteiger partial charge in [0.15, 0.2) is 18.1 Å². The first-order chi connectivity index (χ1) is 11.4. The number of hydrogen-bond donors (Lipinski definition) is 2. The molecule has 2 N–H and O–H groups in total. The highest BCUT2D eigenvalue weighted by Gasteiger charge is 2.18. The lowest BCUT2D eigenvalue weighted by Gasteiger charge is -2.11. The van der Waals surface area contributed by atoms with Gasteiger partial charge in [0.1, 0.15) is 4.90 Å². The largest absolute Gasteiger partial charge is 0.493 e. The molecule has 24 heavy (non-hydrogen) atoms. The molecule has 0 atom stereocenters. The van der Waals surface area contributed by atoms with Gasteiger partial charge in [-0.05, 0) is 24.3 Å². The molecule has 0 saturated carbocycles. The number of methoxy groups -OCH3 is 1. The second-order valence-corrected chi connectivity index (χ2v) is 6.58. The summed E-state index contributed by atoms with van der Waals surface area (Å²) in [5, 5.41) is 0.0459. The van der Waals surface area contributed by atoms with Crippen LogP contribution < -0.4 is 19.7 Å². The smallest absolute Gasteiger partial charge is 0.272 e. The summed E-state index contributed by atoms with van der Waals surface area (Å²) in [6, 6.07) is 12.6. The first-order valence-corrected chi connectivity index (χ1v) is 8.61. The van der Waals surface area contributed by atoms with E-state index in [1.54, 1.807) is 30.3 Å². The van der Waals surface area contributed by atoms with E-state index >= 15 is 0 Å². The van der Waals surface area contributed by atoms with E-state index in [2.05, 4.69) is 5.43 Å². The molecule has 128 valence electrons. The Morgan fingerprint density at radius 3 is 2.38 bits per heavy atom. The average molecular weight is 371 g/mol. The molecule has 0 radical (unpaired) electrons.